The minimum absolute atomic E-state index is 0.0653. The number of allylic oxidation sites excluding steroid dienone is 3. The summed E-state index contributed by atoms with van der Waals surface area (Å²) in [6.45, 7) is 0. The summed E-state index contributed by atoms with van der Waals surface area (Å²) in [5, 5.41) is 25.8. The number of rotatable bonds is 9. The van der Waals surface area contributed by atoms with E-state index in [2.05, 4.69) is 17.5 Å². The van der Waals surface area contributed by atoms with E-state index in [-0.39, 0.29) is 29.0 Å². The summed E-state index contributed by atoms with van der Waals surface area (Å²) in [7, 11) is -4.35. The van der Waals surface area contributed by atoms with Crippen LogP contribution in [0.2, 0.25) is 0 Å². The zero-order valence-electron chi connectivity index (χ0n) is 22.2. The SMILES string of the molecule is O=P(O)(O)c1ccc(-c2ccc(C3C(CCCC(O)c4ccc(F)cc4)NC(=S)N3C3=CCCC=C3)c(O)c2)cc1. The van der Waals surface area contributed by atoms with Gasteiger partial charge >= 0.3 is 7.60 Å². The van der Waals surface area contributed by atoms with Gasteiger partial charge in [-0.2, -0.15) is 0 Å². The van der Waals surface area contributed by atoms with Crippen molar-refractivity contribution in [3.63, 3.8) is 0 Å². The maximum absolute atomic E-state index is 13.3. The van der Waals surface area contributed by atoms with Crippen LogP contribution in [-0.2, 0) is 4.57 Å². The first-order valence-electron chi connectivity index (χ1n) is 13.5. The molecule has 3 aromatic rings. The van der Waals surface area contributed by atoms with E-state index in [1.54, 1.807) is 30.3 Å². The highest BCUT2D eigenvalue weighted by Crippen LogP contribution is 2.42. The van der Waals surface area contributed by atoms with Gasteiger partial charge in [-0.25, -0.2) is 4.39 Å². The Hall–Kier alpha value is -3.33. The molecule has 0 aromatic heterocycles. The molecule has 5 rings (SSSR count). The average molecular weight is 595 g/mol. The van der Waals surface area contributed by atoms with Gasteiger partial charge in [-0.15, -0.1) is 0 Å². The third kappa shape index (κ3) is 6.61. The molecule has 41 heavy (non-hydrogen) atoms. The molecule has 7 nitrogen and oxygen atoms in total. The molecule has 0 saturated carbocycles. The molecule has 1 heterocycles. The van der Waals surface area contributed by atoms with Crippen LogP contribution in [0, 0.1) is 5.82 Å². The monoisotopic (exact) mass is 594 g/mol. The van der Waals surface area contributed by atoms with Crippen molar-refractivity contribution in [2.45, 2.75) is 50.3 Å². The Kier molecular flexibility index (Phi) is 8.73. The number of phenolic OH excluding ortho intramolecular Hbond substituents is 1. The van der Waals surface area contributed by atoms with Crippen molar-refractivity contribution in [1.29, 1.82) is 0 Å². The van der Waals surface area contributed by atoms with Crippen molar-refractivity contribution in [2.24, 2.45) is 0 Å². The first-order valence-corrected chi connectivity index (χ1v) is 15.5. The number of aliphatic hydroxyl groups excluding tert-OH is 1. The normalized spacial score (nSPS) is 19.7. The number of halogens is 1. The number of nitrogens with one attached hydrogen (secondary N) is 1. The fourth-order valence-electron chi connectivity index (χ4n) is 5.46. The van der Waals surface area contributed by atoms with Crippen LogP contribution < -0.4 is 10.6 Å². The van der Waals surface area contributed by atoms with E-state index < -0.39 is 13.7 Å². The van der Waals surface area contributed by atoms with E-state index in [4.69, 9.17) is 12.2 Å². The molecule has 0 amide bonds. The number of benzene rings is 3. The Labute approximate surface area is 243 Å². The van der Waals surface area contributed by atoms with Gasteiger partial charge in [-0.3, -0.25) is 4.57 Å². The zero-order valence-corrected chi connectivity index (χ0v) is 23.9. The average Bonchev–Trinajstić information content (AvgIpc) is 3.28. The topological polar surface area (TPSA) is 113 Å². The molecule has 1 aliphatic carbocycles. The van der Waals surface area contributed by atoms with Crippen LogP contribution in [0.4, 0.5) is 4.39 Å². The molecule has 2 aliphatic rings. The number of thiocarbonyl (C=S) groups is 1. The summed E-state index contributed by atoms with van der Waals surface area (Å²) in [5.74, 6) is -0.262. The van der Waals surface area contributed by atoms with E-state index in [0.29, 0.717) is 46.6 Å². The molecule has 1 fully saturated rings. The lowest BCUT2D eigenvalue weighted by Gasteiger charge is -2.30. The Morgan fingerprint density at radius 2 is 1.73 bits per heavy atom. The fourth-order valence-corrected chi connectivity index (χ4v) is 6.37. The van der Waals surface area contributed by atoms with Gasteiger partial charge in [-0.1, -0.05) is 48.6 Å². The standard InChI is InChI=1S/C31H32FN2O5PS/c32-23-14-9-21(10-15-23)28(35)8-4-7-27-30(34(31(41)33-27)24-5-2-1-3-6-24)26-18-13-22(19-29(26)36)20-11-16-25(17-12-20)40(37,38)39/h2,5-6,9-19,27-28,30,35-36H,1,3-4,7-8H2,(H,33,41)(H2,37,38,39). The molecule has 3 atom stereocenters. The minimum Gasteiger partial charge on any atom is -0.508 e. The van der Waals surface area contributed by atoms with Gasteiger partial charge in [0.25, 0.3) is 0 Å². The fraction of sp³-hybridized carbons (Fsp3) is 0.258. The number of aromatic hydroxyl groups is 1. The van der Waals surface area contributed by atoms with E-state index in [0.717, 1.165) is 18.5 Å². The van der Waals surface area contributed by atoms with Crippen molar-refractivity contribution in [3.8, 4) is 16.9 Å². The first-order chi connectivity index (χ1) is 19.6. The van der Waals surface area contributed by atoms with E-state index in [1.165, 1.54) is 24.3 Å². The Balaban J connectivity index is 1.39. The van der Waals surface area contributed by atoms with Gasteiger partial charge in [0, 0.05) is 11.3 Å². The maximum Gasteiger partial charge on any atom is 0.356 e. The van der Waals surface area contributed by atoms with Gasteiger partial charge < -0.3 is 30.2 Å². The molecule has 1 saturated heterocycles. The molecule has 0 spiro atoms. The second-order valence-corrected chi connectivity index (χ2v) is 12.3. The van der Waals surface area contributed by atoms with E-state index in [1.807, 2.05) is 23.1 Å². The van der Waals surface area contributed by atoms with Gasteiger partial charge in [0.2, 0.25) is 0 Å². The second-order valence-electron chi connectivity index (χ2n) is 10.3. The third-order valence-electron chi connectivity index (χ3n) is 7.57. The summed E-state index contributed by atoms with van der Waals surface area (Å²) in [5.41, 5.74) is 3.74. The lowest BCUT2D eigenvalue weighted by molar-refractivity contribution is 0.161. The van der Waals surface area contributed by atoms with E-state index >= 15 is 0 Å². The van der Waals surface area contributed by atoms with Gasteiger partial charge in [0.1, 0.15) is 11.6 Å². The molecule has 10 heteroatoms. The summed E-state index contributed by atoms with van der Waals surface area (Å²) in [6, 6.07) is 16.8. The first kappa shape index (κ1) is 29.2. The number of aliphatic hydroxyl groups is 1. The van der Waals surface area contributed by atoms with Gasteiger partial charge in [-0.05, 0) is 97.4 Å². The van der Waals surface area contributed by atoms with Crippen molar-refractivity contribution < 1.29 is 29.0 Å². The summed E-state index contributed by atoms with van der Waals surface area (Å²) >= 11 is 5.76. The number of nitrogens with zero attached hydrogens (tertiary/aromatic N) is 1. The van der Waals surface area contributed by atoms with Crippen molar-refractivity contribution in [1.82, 2.24) is 10.2 Å². The van der Waals surface area contributed by atoms with Crippen LogP contribution in [0.15, 0.2) is 90.7 Å². The Bertz CT molecular complexity index is 1520. The zero-order chi connectivity index (χ0) is 29.1. The molecule has 3 unspecified atom stereocenters. The lowest BCUT2D eigenvalue weighted by Crippen LogP contribution is -2.29. The number of hydrogen-bond acceptors (Lipinski definition) is 4. The van der Waals surface area contributed by atoms with Gasteiger partial charge in [0.15, 0.2) is 5.11 Å². The molecule has 1 aliphatic heterocycles. The number of hydrogen-bond donors (Lipinski definition) is 5. The smallest absolute Gasteiger partial charge is 0.356 e. The van der Waals surface area contributed by atoms with Crippen molar-refractivity contribution in [3.05, 3.63) is 108 Å². The number of phenols is 1. The Morgan fingerprint density at radius 3 is 2.37 bits per heavy atom. The minimum atomic E-state index is -4.35. The Morgan fingerprint density at radius 1 is 1.02 bits per heavy atom. The molecule has 3 aromatic carbocycles. The van der Waals surface area contributed by atoms with Crippen LogP contribution in [-0.4, -0.2) is 36.1 Å². The van der Waals surface area contributed by atoms with Crippen LogP contribution in [0.5, 0.6) is 5.75 Å². The summed E-state index contributed by atoms with van der Waals surface area (Å²) in [6.07, 6.45) is 9.23. The highest BCUT2D eigenvalue weighted by Gasteiger charge is 2.40. The van der Waals surface area contributed by atoms with Crippen molar-refractivity contribution >= 4 is 30.2 Å². The largest absolute Gasteiger partial charge is 0.508 e. The third-order valence-corrected chi connectivity index (χ3v) is 8.86. The quantitative estimate of drug-likeness (QED) is 0.158. The molecule has 214 valence electrons. The summed E-state index contributed by atoms with van der Waals surface area (Å²) in [4.78, 5) is 20.8. The second kappa shape index (κ2) is 12.3. The van der Waals surface area contributed by atoms with Crippen LogP contribution in [0.1, 0.15) is 55.4 Å². The predicted octanol–water partition coefficient (Wildman–Crippen LogP) is 5.74. The molecular weight excluding hydrogens is 562 g/mol. The highest BCUT2D eigenvalue weighted by atomic mass is 32.1. The maximum atomic E-state index is 13.3. The molecule has 0 radical (unpaired) electrons. The van der Waals surface area contributed by atoms with Crippen molar-refractivity contribution in [2.75, 3.05) is 0 Å². The van der Waals surface area contributed by atoms with Crippen LogP contribution in [0.3, 0.4) is 0 Å². The van der Waals surface area contributed by atoms with E-state index in [9.17, 15) is 29.0 Å². The summed E-state index contributed by atoms with van der Waals surface area (Å²) < 4.78 is 24.8. The lowest BCUT2D eigenvalue weighted by atomic mass is 9.91. The van der Waals surface area contributed by atoms with Crippen LogP contribution >= 0.6 is 19.8 Å². The predicted molar refractivity (Wildman–Crippen MR) is 161 cm³/mol. The molecular formula is C31H32FN2O5PS. The highest BCUT2D eigenvalue weighted by molar-refractivity contribution is 7.80. The molecule has 5 N–H and O–H groups in total. The molecule has 0 bridgehead atoms. The van der Waals surface area contributed by atoms with Crippen LogP contribution in [0.25, 0.3) is 11.1 Å². The van der Waals surface area contributed by atoms with Gasteiger partial charge in [0.05, 0.1) is 23.5 Å².